The number of carbonyl (C=O) groups excluding carboxylic acids is 3. The molecule has 0 saturated carbocycles. The van der Waals surface area contributed by atoms with Crippen LogP contribution >= 0.6 is 0 Å². The Labute approximate surface area is 193 Å². The van der Waals surface area contributed by atoms with Gasteiger partial charge in [0.25, 0.3) is 5.91 Å². The van der Waals surface area contributed by atoms with Crippen molar-refractivity contribution in [3.8, 4) is 0 Å². The van der Waals surface area contributed by atoms with Crippen molar-refractivity contribution in [2.45, 2.75) is 38.5 Å². The van der Waals surface area contributed by atoms with Crippen LogP contribution in [0.15, 0.2) is 42.5 Å². The van der Waals surface area contributed by atoms with E-state index in [0.717, 1.165) is 17.0 Å². The molecule has 0 aromatic heterocycles. The summed E-state index contributed by atoms with van der Waals surface area (Å²) in [6, 6.07) is 7.95. The summed E-state index contributed by atoms with van der Waals surface area (Å²) < 4.78 is 53.6. The predicted octanol–water partition coefficient (Wildman–Crippen LogP) is 3.69. The van der Waals surface area contributed by atoms with E-state index in [9.17, 15) is 31.9 Å². The fourth-order valence-corrected chi connectivity index (χ4v) is 4.68. The normalized spacial score (nSPS) is 18.9. The van der Waals surface area contributed by atoms with Crippen molar-refractivity contribution >= 4 is 23.4 Å². The van der Waals surface area contributed by atoms with Crippen molar-refractivity contribution in [2.24, 2.45) is 0 Å². The number of piperazine rings is 1. The molecule has 2 aromatic carbocycles. The summed E-state index contributed by atoms with van der Waals surface area (Å²) >= 11 is 0. The number of benzene rings is 2. The van der Waals surface area contributed by atoms with E-state index in [1.54, 1.807) is 19.9 Å². The van der Waals surface area contributed by atoms with Crippen LogP contribution in [0.3, 0.4) is 0 Å². The molecule has 0 aliphatic carbocycles. The number of hydrogen-bond donors (Lipinski definition) is 0. The summed E-state index contributed by atoms with van der Waals surface area (Å²) in [4.78, 5) is 42.8. The molecule has 2 aliphatic rings. The van der Waals surface area contributed by atoms with Crippen LogP contribution in [-0.2, 0) is 20.6 Å². The Bertz CT molecular complexity index is 1160. The first-order chi connectivity index (χ1) is 15.8. The van der Waals surface area contributed by atoms with Crippen LogP contribution in [0.1, 0.15) is 36.6 Å². The molecule has 6 nitrogen and oxygen atoms in total. The van der Waals surface area contributed by atoms with Gasteiger partial charge < -0.3 is 9.80 Å². The molecule has 2 heterocycles. The molecule has 0 radical (unpaired) electrons. The number of likely N-dealkylation sites (tertiary alicyclic amines) is 1. The number of hydrogen-bond acceptors (Lipinski definition) is 3. The van der Waals surface area contributed by atoms with Crippen LogP contribution in [0, 0.1) is 12.7 Å². The van der Waals surface area contributed by atoms with Gasteiger partial charge in [-0.15, -0.1) is 0 Å². The smallest absolute Gasteiger partial charge is 0.337 e. The van der Waals surface area contributed by atoms with Gasteiger partial charge in [-0.25, -0.2) is 4.39 Å². The van der Waals surface area contributed by atoms with Gasteiger partial charge in [-0.3, -0.25) is 19.3 Å². The topological polar surface area (TPSA) is 60.9 Å². The van der Waals surface area contributed by atoms with Crippen LogP contribution in [0.5, 0.6) is 0 Å². The fourth-order valence-electron chi connectivity index (χ4n) is 4.68. The molecule has 1 atom stereocenters. The number of aryl methyl sites for hydroxylation is 1. The summed E-state index contributed by atoms with van der Waals surface area (Å²) in [5.41, 5.74) is -1.25. The molecule has 4 rings (SSSR count). The van der Waals surface area contributed by atoms with E-state index in [-0.39, 0.29) is 24.7 Å². The molecule has 2 aliphatic heterocycles. The largest absolute Gasteiger partial charge is 0.416 e. The van der Waals surface area contributed by atoms with E-state index < -0.39 is 47.5 Å². The molecule has 34 heavy (non-hydrogen) atoms. The lowest BCUT2D eigenvalue weighted by molar-refractivity contribution is -0.172. The van der Waals surface area contributed by atoms with Gasteiger partial charge in [-0.05, 0) is 49.2 Å². The molecule has 3 amide bonds. The zero-order valence-electron chi connectivity index (χ0n) is 18.8. The molecule has 2 fully saturated rings. The van der Waals surface area contributed by atoms with Crippen LogP contribution < -0.4 is 4.90 Å². The second-order valence-corrected chi connectivity index (χ2v) is 8.81. The van der Waals surface area contributed by atoms with Crippen molar-refractivity contribution in [3.63, 3.8) is 0 Å². The molecule has 180 valence electrons. The lowest BCUT2D eigenvalue weighted by Crippen LogP contribution is -2.81. The first-order valence-electron chi connectivity index (χ1n) is 10.7. The summed E-state index contributed by atoms with van der Waals surface area (Å²) in [7, 11) is 0. The average molecular weight is 477 g/mol. The highest BCUT2D eigenvalue weighted by Crippen LogP contribution is 2.41. The van der Waals surface area contributed by atoms with E-state index in [1.807, 2.05) is 0 Å². The Kier molecular flexibility index (Phi) is 5.65. The van der Waals surface area contributed by atoms with Crippen LogP contribution in [0.2, 0.25) is 0 Å². The van der Waals surface area contributed by atoms with E-state index in [1.165, 1.54) is 41.0 Å². The van der Waals surface area contributed by atoms with Crippen LogP contribution in [0.4, 0.5) is 23.2 Å². The fraction of sp³-hybridized carbons (Fsp3) is 0.375. The molecule has 2 saturated heterocycles. The maximum absolute atomic E-state index is 14.7. The maximum atomic E-state index is 14.7. The molecule has 0 unspecified atom stereocenters. The number of nitrogens with zero attached hydrogens (tertiary/aromatic N) is 3. The van der Waals surface area contributed by atoms with Crippen molar-refractivity contribution in [3.05, 3.63) is 65.0 Å². The van der Waals surface area contributed by atoms with Crippen LogP contribution in [-0.4, -0.2) is 52.7 Å². The Morgan fingerprint density at radius 1 is 1.06 bits per heavy atom. The van der Waals surface area contributed by atoms with Gasteiger partial charge >= 0.3 is 6.18 Å². The highest BCUT2D eigenvalue weighted by atomic mass is 19.4. The SMILES string of the molecule is CC(=O)N1CC2(C1)C(=O)N(c1ccc(C)cc1F)CC(=O)N2[C@H](C)c1ccc(C(F)(F)F)cc1. The second-order valence-electron chi connectivity index (χ2n) is 8.81. The molecular weight excluding hydrogens is 454 g/mol. The van der Waals surface area contributed by atoms with Crippen molar-refractivity contribution < 1.29 is 31.9 Å². The lowest BCUT2D eigenvalue weighted by atomic mass is 9.81. The third-order valence-electron chi connectivity index (χ3n) is 6.52. The second kappa shape index (κ2) is 8.11. The lowest BCUT2D eigenvalue weighted by Gasteiger charge is -2.59. The van der Waals surface area contributed by atoms with Gasteiger partial charge in [0.2, 0.25) is 11.8 Å². The minimum absolute atomic E-state index is 0.0357. The van der Waals surface area contributed by atoms with Gasteiger partial charge in [0.15, 0.2) is 5.54 Å². The zero-order valence-corrected chi connectivity index (χ0v) is 18.8. The first kappa shape index (κ1) is 23.7. The Morgan fingerprint density at radius 3 is 2.21 bits per heavy atom. The number of carbonyl (C=O) groups is 3. The van der Waals surface area contributed by atoms with Gasteiger partial charge in [-0.1, -0.05) is 18.2 Å². The Balaban J connectivity index is 1.72. The van der Waals surface area contributed by atoms with Gasteiger partial charge in [0.05, 0.1) is 30.4 Å². The van der Waals surface area contributed by atoms with E-state index in [2.05, 4.69) is 0 Å². The number of halogens is 4. The quantitative estimate of drug-likeness (QED) is 0.634. The average Bonchev–Trinajstić information content (AvgIpc) is 2.72. The van der Waals surface area contributed by atoms with Crippen molar-refractivity contribution in [1.82, 2.24) is 9.80 Å². The maximum Gasteiger partial charge on any atom is 0.416 e. The molecule has 10 heteroatoms. The van der Waals surface area contributed by atoms with E-state index >= 15 is 0 Å². The van der Waals surface area contributed by atoms with Crippen molar-refractivity contribution in [2.75, 3.05) is 24.5 Å². The summed E-state index contributed by atoms with van der Waals surface area (Å²) in [6.07, 6.45) is -4.51. The summed E-state index contributed by atoms with van der Waals surface area (Å²) in [5.74, 6) is -1.96. The third kappa shape index (κ3) is 3.80. The van der Waals surface area contributed by atoms with Crippen molar-refractivity contribution in [1.29, 1.82) is 0 Å². The highest BCUT2D eigenvalue weighted by molar-refractivity contribution is 6.11. The zero-order chi connectivity index (χ0) is 25.0. The monoisotopic (exact) mass is 477 g/mol. The Morgan fingerprint density at radius 2 is 1.68 bits per heavy atom. The molecule has 0 bridgehead atoms. The molecule has 1 spiro atoms. The van der Waals surface area contributed by atoms with Crippen LogP contribution in [0.25, 0.3) is 0 Å². The number of alkyl halides is 3. The van der Waals surface area contributed by atoms with E-state index in [4.69, 9.17) is 0 Å². The van der Waals surface area contributed by atoms with Gasteiger partial charge in [-0.2, -0.15) is 13.2 Å². The number of rotatable bonds is 3. The minimum Gasteiger partial charge on any atom is -0.337 e. The third-order valence-corrected chi connectivity index (χ3v) is 6.52. The standard InChI is InChI=1S/C24H23F4N3O3/c1-14-4-9-20(19(25)10-14)30-11-21(33)31(23(22(30)34)12-29(13-23)16(3)32)15(2)17-5-7-18(8-6-17)24(26,27)28/h4-10,15H,11-13H2,1-3H3/t15-/m1/s1. The van der Waals surface area contributed by atoms with E-state index in [0.29, 0.717) is 11.1 Å². The number of anilines is 1. The minimum atomic E-state index is -4.51. The molecular formula is C24H23F4N3O3. The Hall–Kier alpha value is -3.43. The summed E-state index contributed by atoms with van der Waals surface area (Å²) in [5, 5.41) is 0. The number of amides is 3. The summed E-state index contributed by atoms with van der Waals surface area (Å²) in [6.45, 7) is 4.06. The molecule has 2 aromatic rings. The predicted molar refractivity (Wildman–Crippen MR) is 115 cm³/mol. The van der Waals surface area contributed by atoms with Gasteiger partial charge in [0.1, 0.15) is 12.4 Å². The van der Waals surface area contributed by atoms with Gasteiger partial charge in [0, 0.05) is 6.92 Å². The molecule has 0 N–H and O–H groups in total. The highest BCUT2D eigenvalue weighted by Gasteiger charge is 2.61. The first-order valence-corrected chi connectivity index (χ1v) is 10.7.